The highest BCUT2D eigenvalue weighted by atomic mass is 16.5. The highest BCUT2D eigenvalue weighted by Gasteiger charge is 2.39. The molecule has 0 aliphatic carbocycles. The summed E-state index contributed by atoms with van der Waals surface area (Å²) in [7, 11) is 2.83. The molecule has 54 heavy (non-hydrogen) atoms. The molecular weight excluding hydrogens is 669 g/mol. The molecule has 6 heteroatoms. The average Bonchev–Trinajstić information content (AvgIpc) is 3.61. The number of nitrogens with zero attached hydrogens (tertiary/aromatic N) is 2. The number of ether oxygens (including phenoxy) is 2. The molecule has 0 N–H and O–H groups in total. The highest BCUT2D eigenvalue weighted by molar-refractivity contribution is 5.90. The minimum absolute atomic E-state index is 0.279. The van der Waals surface area contributed by atoms with Crippen molar-refractivity contribution in [3.63, 3.8) is 0 Å². The van der Waals surface area contributed by atoms with Gasteiger partial charge in [-0.3, -0.25) is 9.80 Å². The van der Waals surface area contributed by atoms with Crippen LogP contribution in [-0.2, 0) is 22.3 Å². The summed E-state index contributed by atoms with van der Waals surface area (Å²) in [6.45, 7) is 2.33. The first kappa shape index (κ1) is 37.5. The van der Waals surface area contributed by atoms with Gasteiger partial charge in [-0.05, 0) is 111 Å². The molecule has 4 aliphatic rings. The molecule has 0 saturated carbocycles. The van der Waals surface area contributed by atoms with Crippen molar-refractivity contribution in [2.24, 2.45) is 0 Å². The number of methoxy groups -OCH3 is 2. The zero-order valence-electron chi connectivity index (χ0n) is 31.9. The van der Waals surface area contributed by atoms with Crippen LogP contribution in [0.2, 0.25) is 0 Å². The van der Waals surface area contributed by atoms with Crippen LogP contribution in [0, 0.1) is 0 Å². The van der Waals surface area contributed by atoms with Gasteiger partial charge in [-0.25, -0.2) is 9.59 Å². The molecule has 8 rings (SSSR count). The van der Waals surface area contributed by atoms with Gasteiger partial charge in [0.05, 0.1) is 25.3 Å². The molecule has 4 unspecified atom stereocenters. The number of carbonyl (C=O) groups excluding carboxylic acids is 2. The molecule has 4 saturated heterocycles. The molecule has 4 aromatic rings. The molecule has 4 aliphatic heterocycles. The second kappa shape index (κ2) is 18.0. The first-order valence-corrected chi connectivity index (χ1v) is 19.8. The summed E-state index contributed by atoms with van der Waals surface area (Å²) in [6, 6.07) is 39.8. The second-order valence-electron chi connectivity index (χ2n) is 15.4. The molecule has 4 fully saturated rings. The van der Waals surface area contributed by atoms with Gasteiger partial charge in [-0.15, -0.1) is 0 Å². The van der Waals surface area contributed by atoms with Crippen LogP contribution in [0.1, 0.15) is 94.3 Å². The third-order valence-electron chi connectivity index (χ3n) is 11.9. The van der Waals surface area contributed by atoms with Crippen LogP contribution < -0.4 is 0 Å². The molecule has 4 atom stereocenters. The minimum Gasteiger partial charge on any atom is -0.465 e. The maximum Gasteiger partial charge on any atom is 0.337 e. The molecule has 0 aromatic heterocycles. The van der Waals surface area contributed by atoms with Crippen molar-refractivity contribution >= 4 is 24.1 Å². The van der Waals surface area contributed by atoms with E-state index in [1.54, 1.807) is 11.1 Å². The van der Waals surface area contributed by atoms with E-state index in [0.29, 0.717) is 35.3 Å². The van der Waals surface area contributed by atoms with Crippen molar-refractivity contribution in [3.05, 3.63) is 154 Å². The number of esters is 2. The third kappa shape index (κ3) is 9.47. The van der Waals surface area contributed by atoms with Gasteiger partial charge in [0, 0.05) is 37.3 Å². The first-order chi connectivity index (χ1) is 26.4. The van der Waals surface area contributed by atoms with Gasteiger partial charge >= 0.3 is 11.9 Å². The monoisotopic (exact) mass is 722 g/mol. The Hall–Kier alpha value is -4.78. The van der Waals surface area contributed by atoms with Crippen molar-refractivity contribution in [2.45, 2.75) is 88.4 Å². The van der Waals surface area contributed by atoms with Gasteiger partial charge in [-0.2, -0.15) is 0 Å². The van der Waals surface area contributed by atoms with E-state index in [2.05, 4.69) is 82.6 Å². The lowest BCUT2D eigenvalue weighted by Gasteiger charge is -2.36. The van der Waals surface area contributed by atoms with Crippen molar-refractivity contribution in [2.75, 3.05) is 27.3 Å². The van der Waals surface area contributed by atoms with Gasteiger partial charge in [0.2, 0.25) is 0 Å². The number of hydrogen-bond donors (Lipinski definition) is 0. The van der Waals surface area contributed by atoms with E-state index < -0.39 is 0 Å². The first-order valence-electron chi connectivity index (χ1n) is 19.8. The summed E-state index contributed by atoms with van der Waals surface area (Å²) in [5.74, 6) is -0.557. The minimum atomic E-state index is -0.279. The smallest absolute Gasteiger partial charge is 0.337 e. The van der Waals surface area contributed by atoms with E-state index in [-0.39, 0.29) is 11.9 Å². The lowest BCUT2D eigenvalue weighted by Crippen LogP contribution is -2.41. The molecule has 0 amide bonds. The van der Waals surface area contributed by atoms with E-state index in [4.69, 9.17) is 9.47 Å². The van der Waals surface area contributed by atoms with E-state index in [9.17, 15) is 9.59 Å². The molecule has 280 valence electrons. The van der Waals surface area contributed by atoms with Crippen molar-refractivity contribution in [3.8, 4) is 0 Å². The van der Waals surface area contributed by atoms with Crippen LogP contribution in [0.15, 0.2) is 120 Å². The SMILES string of the molecule is COC(=O)c1ccc(C=C2CC3CCC(C2)N3CCc2ccccc2)cc1.COC(=O)c1ccc(C=C2CC3CCC(C2)N3CCc2ccccc2)cc1. The Labute approximate surface area is 321 Å². The third-order valence-corrected chi connectivity index (χ3v) is 11.9. The number of benzene rings is 4. The number of carbonyl (C=O) groups is 2. The van der Waals surface area contributed by atoms with Crippen molar-refractivity contribution in [1.29, 1.82) is 0 Å². The summed E-state index contributed by atoms with van der Waals surface area (Å²) in [5, 5.41) is 0. The van der Waals surface area contributed by atoms with Crippen LogP contribution in [-0.4, -0.2) is 73.2 Å². The lowest BCUT2D eigenvalue weighted by molar-refractivity contribution is 0.0592. The fourth-order valence-electron chi connectivity index (χ4n) is 9.19. The molecule has 4 bridgehead atoms. The fraction of sp³-hybridized carbons (Fsp3) is 0.375. The Morgan fingerprint density at radius 3 is 1.17 bits per heavy atom. The van der Waals surface area contributed by atoms with E-state index >= 15 is 0 Å². The zero-order valence-corrected chi connectivity index (χ0v) is 31.9. The summed E-state index contributed by atoms with van der Waals surface area (Å²) in [4.78, 5) is 28.6. The molecular formula is C48H54N2O4. The fourth-order valence-corrected chi connectivity index (χ4v) is 9.19. The summed E-state index contributed by atoms with van der Waals surface area (Å²) in [6.07, 6.45) is 16.9. The molecule has 0 spiro atoms. The average molecular weight is 723 g/mol. The van der Waals surface area contributed by atoms with Gasteiger partial charge in [0.25, 0.3) is 0 Å². The lowest BCUT2D eigenvalue weighted by atomic mass is 9.94. The molecule has 4 aromatic carbocycles. The predicted octanol–water partition coefficient (Wildman–Crippen LogP) is 9.45. The quantitative estimate of drug-likeness (QED) is 0.152. The maximum atomic E-state index is 11.6. The Morgan fingerprint density at radius 1 is 0.519 bits per heavy atom. The topological polar surface area (TPSA) is 59.1 Å². The van der Waals surface area contributed by atoms with Gasteiger partial charge in [-0.1, -0.05) is 108 Å². The number of rotatable bonds is 10. The number of piperidine rings is 2. The Kier molecular flexibility index (Phi) is 12.5. The molecule has 6 nitrogen and oxygen atoms in total. The predicted molar refractivity (Wildman–Crippen MR) is 217 cm³/mol. The maximum absolute atomic E-state index is 11.6. The van der Waals surface area contributed by atoms with Crippen LogP contribution in [0.3, 0.4) is 0 Å². The summed E-state index contributed by atoms with van der Waals surface area (Å²) in [5.41, 5.74) is 9.52. The largest absolute Gasteiger partial charge is 0.465 e. The number of fused-ring (bicyclic) bond motifs is 4. The van der Waals surface area contributed by atoms with E-state index in [0.717, 1.165) is 12.8 Å². The number of hydrogen-bond acceptors (Lipinski definition) is 6. The van der Waals surface area contributed by atoms with Crippen LogP contribution in [0.4, 0.5) is 0 Å². The van der Waals surface area contributed by atoms with E-state index in [1.807, 2.05) is 48.5 Å². The Bertz CT molecular complexity index is 1730. The van der Waals surface area contributed by atoms with Crippen molar-refractivity contribution in [1.82, 2.24) is 9.80 Å². The summed E-state index contributed by atoms with van der Waals surface area (Å²) >= 11 is 0. The summed E-state index contributed by atoms with van der Waals surface area (Å²) < 4.78 is 9.54. The Morgan fingerprint density at radius 2 is 0.852 bits per heavy atom. The molecule has 0 radical (unpaired) electrons. The van der Waals surface area contributed by atoms with Crippen LogP contribution >= 0.6 is 0 Å². The normalized spacial score (nSPS) is 21.9. The van der Waals surface area contributed by atoms with E-state index in [1.165, 1.54) is 101 Å². The van der Waals surface area contributed by atoms with Crippen LogP contribution in [0.25, 0.3) is 12.2 Å². The van der Waals surface area contributed by atoms with Crippen LogP contribution in [0.5, 0.6) is 0 Å². The Balaban J connectivity index is 0.000000167. The standard InChI is InChI=1S/2C24H27NO2/c2*1-27-24(26)21-9-7-19(8-10-21)15-20-16-22-11-12-23(17-20)25(22)14-13-18-5-3-2-4-6-18/h2*2-10,15,22-23H,11-14,16-17H2,1H3. The highest BCUT2D eigenvalue weighted by Crippen LogP contribution is 2.40. The van der Waals surface area contributed by atoms with Gasteiger partial charge in [0.15, 0.2) is 0 Å². The van der Waals surface area contributed by atoms with Crippen molar-refractivity contribution < 1.29 is 19.1 Å². The molecule has 4 heterocycles. The zero-order chi connectivity index (χ0) is 37.3. The van der Waals surface area contributed by atoms with Gasteiger partial charge < -0.3 is 9.47 Å². The second-order valence-corrected chi connectivity index (χ2v) is 15.4. The van der Waals surface area contributed by atoms with Gasteiger partial charge in [0.1, 0.15) is 0 Å².